The maximum atomic E-state index is 13.5. The van der Waals surface area contributed by atoms with E-state index in [2.05, 4.69) is 5.43 Å². The van der Waals surface area contributed by atoms with E-state index in [0.717, 1.165) is 25.0 Å². The van der Waals surface area contributed by atoms with E-state index in [0.29, 0.717) is 18.6 Å². The van der Waals surface area contributed by atoms with Crippen LogP contribution in [0, 0.1) is 11.6 Å². The van der Waals surface area contributed by atoms with E-state index >= 15 is 0 Å². The monoisotopic (exact) mass is 242 g/mol. The lowest BCUT2D eigenvalue weighted by Crippen LogP contribution is -2.45. The van der Waals surface area contributed by atoms with Crippen molar-refractivity contribution in [3.63, 3.8) is 0 Å². The Morgan fingerprint density at radius 3 is 2.94 bits per heavy atom. The molecule has 0 saturated carbocycles. The van der Waals surface area contributed by atoms with Gasteiger partial charge in [-0.05, 0) is 43.0 Å². The molecule has 2 rings (SSSR count). The topological polar surface area (TPSA) is 47.3 Å². The molecule has 0 amide bonds. The standard InChI is InChI=1S/C12H16F2N2O/c13-9-3-4-10(14)8(6-9)7-11(16-15)12-2-1-5-17-12/h3-4,6,11-12,16H,1-2,5,7,15H2. The Morgan fingerprint density at radius 1 is 1.47 bits per heavy atom. The Balaban J connectivity index is 2.09. The van der Waals surface area contributed by atoms with Gasteiger partial charge >= 0.3 is 0 Å². The highest BCUT2D eigenvalue weighted by atomic mass is 19.1. The molecular weight excluding hydrogens is 226 g/mol. The average molecular weight is 242 g/mol. The SMILES string of the molecule is NNC(Cc1cc(F)ccc1F)C1CCCO1. The minimum Gasteiger partial charge on any atom is -0.377 e. The summed E-state index contributed by atoms with van der Waals surface area (Å²) in [6.07, 6.45) is 2.17. The summed E-state index contributed by atoms with van der Waals surface area (Å²) in [6.45, 7) is 0.703. The van der Waals surface area contributed by atoms with Crippen molar-refractivity contribution < 1.29 is 13.5 Å². The molecular formula is C12H16F2N2O. The van der Waals surface area contributed by atoms with Crippen LogP contribution in [0.2, 0.25) is 0 Å². The van der Waals surface area contributed by atoms with Crippen LogP contribution in [0.4, 0.5) is 8.78 Å². The minimum absolute atomic E-state index is 0.0253. The number of halogens is 2. The fourth-order valence-electron chi connectivity index (χ4n) is 2.15. The molecule has 3 N–H and O–H groups in total. The zero-order valence-electron chi connectivity index (χ0n) is 9.46. The molecule has 1 aromatic rings. The first-order valence-electron chi connectivity index (χ1n) is 5.72. The highest BCUT2D eigenvalue weighted by molar-refractivity contribution is 5.20. The normalized spacial score (nSPS) is 21.7. The molecule has 0 spiro atoms. The van der Waals surface area contributed by atoms with E-state index in [9.17, 15) is 8.78 Å². The summed E-state index contributed by atoms with van der Waals surface area (Å²) in [5.74, 6) is 4.59. The van der Waals surface area contributed by atoms with Gasteiger partial charge in [-0.25, -0.2) is 8.78 Å². The van der Waals surface area contributed by atoms with Gasteiger partial charge in [-0.3, -0.25) is 11.3 Å². The number of rotatable bonds is 4. The van der Waals surface area contributed by atoms with Crippen molar-refractivity contribution in [3.8, 4) is 0 Å². The fourth-order valence-corrected chi connectivity index (χ4v) is 2.15. The first-order valence-corrected chi connectivity index (χ1v) is 5.72. The third kappa shape index (κ3) is 3.00. The Bertz CT molecular complexity index is 381. The molecule has 2 unspecified atom stereocenters. The maximum absolute atomic E-state index is 13.5. The van der Waals surface area contributed by atoms with Crippen LogP contribution in [0.1, 0.15) is 18.4 Å². The first-order chi connectivity index (χ1) is 8.20. The van der Waals surface area contributed by atoms with E-state index < -0.39 is 11.6 Å². The van der Waals surface area contributed by atoms with E-state index in [1.165, 1.54) is 6.07 Å². The van der Waals surface area contributed by atoms with Gasteiger partial charge in [0.15, 0.2) is 0 Å². The van der Waals surface area contributed by atoms with Crippen molar-refractivity contribution in [3.05, 3.63) is 35.4 Å². The molecule has 3 nitrogen and oxygen atoms in total. The first kappa shape index (κ1) is 12.4. The van der Waals surface area contributed by atoms with Gasteiger partial charge in [0, 0.05) is 6.61 Å². The number of ether oxygens (including phenoxy) is 1. The average Bonchev–Trinajstić information content (AvgIpc) is 2.84. The Hall–Kier alpha value is -1.04. The molecule has 17 heavy (non-hydrogen) atoms. The van der Waals surface area contributed by atoms with E-state index in [4.69, 9.17) is 10.6 Å². The number of hydrazine groups is 1. The number of nitrogens with two attached hydrogens (primary N) is 1. The molecule has 1 aromatic carbocycles. The smallest absolute Gasteiger partial charge is 0.126 e. The zero-order chi connectivity index (χ0) is 12.3. The number of hydrogen-bond donors (Lipinski definition) is 2. The van der Waals surface area contributed by atoms with E-state index in [-0.39, 0.29) is 12.1 Å². The molecule has 0 aliphatic carbocycles. The predicted octanol–water partition coefficient (Wildman–Crippen LogP) is 1.52. The summed E-state index contributed by atoms with van der Waals surface area (Å²) >= 11 is 0. The summed E-state index contributed by atoms with van der Waals surface area (Å²) in [6, 6.07) is 3.26. The molecule has 1 heterocycles. The van der Waals surface area contributed by atoms with Gasteiger partial charge in [-0.15, -0.1) is 0 Å². The van der Waals surface area contributed by atoms with Crippen LogP contribution in [-0.2, 0) is 11.2 Å². The number of nitrogens with one attached hydrogen (secondary N) is 1. The van der Waals surface area contributed by atoms with Gasteiger partial charge in [0.05, 0.1) is 12.1 Å². The lowest BCUT2D eigenvalue weighted by molar-refractivity contribution is 0.0782. The quantitative estimate of drug-likeness (QED) is 0.621. The number of hydrogen-bond acceptors (Lipinski definition) is 3. The Kier molecular flexibility index (Phi) is 4.04. The van der Waals surface area contributed by atoms with Crippen molar-refractivity contribution in [2.75, 3.05) is 6.61 Å². The van der Waals surface area contributed by atoms with Crippen molar-refractivity contribution in [1.82, 2.24) is 5.43 Å². The Labute approximate surface area is 98.9 Å². The summed E-state index contributed by atoms with van der Waals surface area (Å²) < 4.78 is 32.0. The van der Waals surface area contributed by atoms with Crippen molar-refractivity contribution >= 4 is 0 Å². The van der Waals surface area contributed by atoms with Gasteiger partial charge in [0.25, 0.3) is 0 Å². The lowest BCUT2D eigenvalue weighted by atomic mass is 9.99. The van der Waals surface area contributed by atoms with Crippen LogP contribution >= 0.6 is 0 Å². The predicted molar refractivity (Wildman–Crippen MR) is 60.1 cm³/mol. The molecule has 1 aliphatic heterocycles. The van der Waals surface area contributed by atoms with Crippen LogP contribution in [0.25, 0.3) is 0 Å². The molecule has 0 radical (unpaired) electrons. The Morgan fingerprint density at radius 2 is 2.29 bits per heavy atom. The largest absolute Gasteiger partial charge is 0.377 e. The van der Waals surface area contributed by atoms with Crippen LogP contribution in [0.3, 0.4) is 0 Å². The molecule has 0 aromatic heterocycles. The molecule has 5 heteroatoms. The van der Waals surface area contributed by atoms with Crippen LogP contribution in [0.15, 0.2) is 18.2 Å². The van der Waals surface area contributed by atoms with Crippen molar-refractivity contribution in [2.24, 2.45) is 5.84 Å². The van der Waals surface area contributed by atoms with Gasteiger partial charge in [-0.2, -0.15) is 0 Å². The van der Waals surface area contributed by atoms with Crippen LogP contribution in [0.5, 0.6) is 0 Å². The van der Waals surface area contributed by atoms with Gasteiger partial charge in [0.1, 0.15) is 11.6 Å². The summed E-state index contributed by atoms with van der Waals surface area (Å²) in [5.41, 5.74) is 2.95. The van der Waals surface area contributed by atoms with Crippen molar-refractivity contribution in [2.45, 2.75) is 31.4 Å². The molecule has 2 atom stereocenters. The molecule has 1 saturated heterocycles. The van der Waals surface area contributed by atoms with Crippen molar-refractivity contribution in [1.29, 1.82) is 0 Å². The highest BCUT2D eigenvalue weighted by Crippen LogP contribution is 2.20. The molecule has 0 bridgehead atoms. The molecule has 1 aliphatic rings. The van der Waals surface area contributed by atoms with Crippen LogP contribution < -0.4 is 11.3 Å². The summed E-state index contributed by atoms with van der Waals surface area (Å²) in [5, 5.41) is 0. The van der Waals surface area contributed by atoms with Gasteiger partial charge in [-0.1, -0.05) is 0 Å². The van der Waals surface area contributed by atoms with E-state index in [1.807, 2.05) is 0 Å². The van der Waals surface area contributed by atoms with E-state index in [1.54, 1.807) is 0 Å². The summed E-state index contributed by atoms with van der Waals surface area (Å²) in [7, 11) is 0. The van der Waals surface area contributed by atoms with Crippen LogP contribution in [-0.4, -0.2) is 18.8 Å². The third-order valence-corrected chi connectivity index (χ3v) is 3.08. The second-order valence-corrected chi connectivity index (χ2v) is 4.26. The second kappa shape index (κ2) is 5.53. The third-order valence-electron chi connectivity index (χ3n) is 3.08. The van der Waals surface area contributed by atoms with Gasteiger partial charge in [0.2, 0.25) is 0 Å². The zero-order valence-corrected chi connectivity index (χ0v) is 9.46. The fraction of sp³-hybridized carbons (Fsp3) is 0.500. The molecule has 94 valence electrons. The summed E-state index contributed by atoms with van der Waals surface area (Å²) in [4.78, 5) is 0. The second-order valence-electron chi connectivity index (χ2n) is 4.26. The minimum atomic E-state index is -0.440. The lowest BCUT2D eigenvalue weighted by Gasteiger charge is -2.22. The van der Waals surface area contributed by atoms with Gasteiger partial charge < -0.3 is 4.74 Å². The molecule has 1 fully saturated rings. The highest BCUT2D eigenvalue weighted by Gasteiger charge is 2.26. The number of benzene rings is 1. The maximum Gasteiger partial charge on any atom is 0.126 e.